The van der Waals surface area contributed by atoms with E-state index >= 15 is 0 Å². The first-order chi connectivity index (χ1) is 8.98. The second-order valence-electron chi connectivity index (χ2n) is 4.74. The maximum Gasteiger partial charge on any atom is 0.246 e. The fourth-order valence-corrected chi connectivity index (χ4v) is 2.57. The molecule has 1 atom stereocenters. The normalized spacial score (nSPS) is 13.8. The molecule has 0 fully saturated rings. The van der Waals surface area contributed by atoms with E-state index in [1.165, 1.54) is 11.3 Å². The standard InChI is InChI=1S/C14H15N3OS/c1-4-14(3,8-15)12(18)17-13-16-10-6-5-9(2)7-11(10)19-13/h5-7H,4H2,1-3H3,(H,16,17,18). The zero-order valence-electron chi connectivity index (χ0n) is 11.2. The number of benzene rings is 1. The first kappa shape index (κ1) is 13.5. The topological polar surface area (TPSA) is 65.8 Å². The van der Waals surface area contributed by atoms with E-state index in [0.717, 1.165) is 15.8 Å². The smallest absolute Gasteiger partial charge is 0.246 e. The molecule has 98 valence electrons. The second kappa shape index (κ2) is 4.98. The Morgan fingerprint density at radius 3 is 2.95 bits per heavy atom. The molecule has 1 aromatic heterocycles. The molecule has 0 spiro atoms. The van der Waals surface area contributed by atoms with Gasteiger partial charge in [0.1, 0.15) is 5.41 Å². The third kappa shape index (κ3) is 2.59. The van der Waals surface area contributed by atoms with Gasteiger partial charge < -0.3 is 5.32 Å². The maximum atomic E-state index is 12.1. The molecule has 0 saturated heterocycles. The Morgan fingerprint density at radius 2 is 2.32 bits per heavy atom. The average Bonchev–Trinajstić information content (AvgIpc) is 2.78. The van der Waals surface area contributed by atoms with E-state index in [-0.39, 0.29) is 5.91 Å². The molecule has 1 aromatic carbocycles. The summed E-state index contributed by atoms with van der Waals surface area (Å²) in [5.74, 6) is -0.298. The number of amides is 1. The molecule has 1 N–H and O–H groups in total. The van der Waals surface area contributed by atoms with E-state index in [4.69, 9.17) is 5.26 Å². The number of fused-ring (bicyclic) bond motifs is 1. The van der Waals surface area contributed by atoms with Crippen LogP contribution in [0.5, 0.6) is 0 Å². The second-order valence-corrected chi connectivity index (χ2v) is 5.77. The van der Waals surface area contributed by atoms with Gasteiger partial charge in [0, 0.05) is 0 Å². The third-order valence-electron chi connectivity index (χ3n) is 3.22. The number of thiazole rings is 1. The number of hydrogen-bond donors (Lipinski definition) is 1. The van der Waals surface area contributed by atoms with Crippen LogP contribution in [-0.4, -0.2) is 10.9 Å². The molecule has 0 aliphatic heterocycles. The van der Waals surface area contributed by atoms with Crippen molar-refractivity contribution in [2.45, 2.75) is 27.2 Å². The number of aryl methyl sites for hydroxylation is 1. The molecular weight excluding hydrogens is 258 g/mol. The van der Waals surface area contributed by atoms with Crippen LogP contribution in [0.2, 0.25) is 0 Å². The maximum absolute atomic E-state index is 12.1. The average molecular weight is 273 g/mol. The largest absolute Gasteiger partial charge is 0.301 e. The molecule has 1 heterocycles. The minimum atomic E-state index is -1.01. The molecule has 0 aliphatic rings. The SMILES string of the molecule is CCC(C)(C#N)C(=O)Nc1nc2ccc(C)cc2s1. The summed E-state index contributed by atoms with van der Waals surface area (Å²) in [6.07, 6.45) is 0.472. The van der Waals surface area contributed by atoms with Gasteiger partial charge in [0.15, 0.2) is 5.13 Å². The number of carbonyl (C=O) groups excluding carboxylic acids is 1. The molecule has 4 nitrogen and oxygen atoms in total. The number of nitriles is 1. The van der Waals surface area contributed by atoms with E-state index in [1.54, 1.807) is 6.92 Å². The van der Waals surface area contributed by atoms with Crippen molar-refractivity contribution >= 4 is 32.6 Å². The van der Waals surface area contributed by atoms with Gasteiger partial charge in [-0.05, 0) is 38.0 Å². The van der Waals surface area contributed by atoms with E-state index in [2.05, 4.69) is 16.4 Å². The van der Waals surface area contributed by atoms with Crippen LogP contribution in [0.25, 0.3) is 10.2 Å². The third-order valence-corrected chi connectivity index (χ3v) is 4.15. The molecule has 1 amide bonds. The first-order valence-electron chi connectivity index (χ1n) is 6.08. The molecule has 1 unspecified atom stereocenters. The lowest BCUT2D eigenvalue weighted by Crippen LogP contribution is -2.31. The lowest BCUT2D eigenvalue weighted by molar-refractivity contribution is -0.122. The van der Waals surface area contributed by atoms with Crippen LogP contribution in [0.4, 0.5) is 5.13 Å². The Morgan fingerprint density at radius 1 is 1.58 bits per heavy atom. The summed E-state index contributed by atoms with van der Waals surface area (Å²) in [6, 6.07) is 8.01. The fraction of sp³-hybridized carbons (Fsp3) is 0.357. The van der Waals surface area contributed by atoms with Crippen molar-refractivity contribution in [2.75, 3.05) is 5.32 Å². The van der Waals surface area contributed by atoms with Crippen molar-refractivity contribution in [2.24, 2.45) is 5.41 Å². The van der Waals surface area contributed by atoms with Crippen LogP contribution >= 0.6 is 11.3 Å². The van der Waals surface area contributed by atoms with Crippen molar-refractivity contribution in [3.05, 3.63) is 23.8 Å². The van der Waals surface area contributed by atoms with Gasteiger partial charge in [-0.25, -0.2) is 4.98 Å². The number of carbonyl (C=O) groups is 1. The highest BCUT2D eigenvalue weighted by molar-refractivity contribution is 7.22. The van der Waals surface area contributed by atoms with E-state index in [0.29, 0.717) is 11.6 Å². The highest BCUT2D eigenvalue weighted by atomic mass is 32.1. The first-order valence-corrected chi connectivity index (χ1v) is 6.90. The number of anilines is 1. The predicted molar refractivity (Wildman–Crippen MR) is 77.0 cm³/mol. The number of aromatic nitrogens is 1. The van der Waals surface area contributed by atoms with Crippen LogP contribution in [0.1, 0.15) is 25.8 Å². The number of nitrogens with zero attached hydrogens (tertiary/aromatic N) is 2. The van der Waals surface area contributed by atoms with Gasteiger partial charge in [-0.1, -0.05) is 24.3 Å². The minimum Gasteiger partial charge on any atom is -0.301 e. The quantitative estimate of drug-likeness (QED) is 0.931. The monoisotopic (exact) mass is 273 g/mol. The molecule has 19 heavy (non-hydrogen) atoms. The zero-order valence-corrected chi connectivity index (χ0v) is 12.0. The Balaban J connectivity index is 2.27. The molecule has 0 saturated carbocycles. The van der Waals surface area contributed by atoms with Crippen LogP contribution in [-0.2, 0) is 4.79 Å². The summed E-state index contributed by atoms with van der Waals surface area (Å²) in [5, 5.41) is 12.4. The van der Waals surface area contributed by atoms with Gasteiger partial charge in [0.2, 0.25) is 5.91 Å². The van der Waals surface area contributed by atoms with Gasteiger partial charge in [-0.15, -0.1) is 0 Å². The molecule has 0 bridgehead atoms. The van der Waals surface area contributed by atoms with Gasteiger partial charge in [0.25, 0.3) is 0 Å². The summed E-state index contributed by atoms with van der Waals surface area (Å²) in [4.78, 5) is 16.4. The lowest BCUT2D eigenvalue weighted by Gasteiger charge is -2.16. The summed E-state index contributed by atoms with van der Waals surface area (Å²) in [7, 11) is 0. The zero-order chi connectivity index (χ0) is 14.0. The molecular formula is C14H15N3OS. The van der Waals surface area contributed by atoms with Gasteiger partial charge >= 0.3 is 0 Å². The summed E-state index contributed by atoms with van der Waals surface area (Å²) in [5.41, 5.74) is 1.01. The number of rotatable bonds is 3. The fourth-order valence-electron chi connectivity index (χ4n) is 1.61. The number of nitrogens with one attached hydrogen (secondary N) is 1. The Kier molecular flexibility index (Phi) is 3.54. The minimum absolute atomic E-state index is 0.298. The van der Waals surface area contributed by atoms with Crippen molar-refractivity contribution in [3.8, 4) is 6.07 Å². The summed E-state index contributed by atoms with van der Waals surface area (Å²) < 4.78 is 1.03. The molecule has 5 heteroatoms. The predicted octanol–water partition coefficient (Wildman–Crippen LogP) is 3.48. The lowest BCUT2D eigenvalue weighted by atomic mass is 9.88. The Hall–Kier alpha value is -1.93. The Bertz CT molecular complexity index is 671. The molecule has 2 aromatic rings. The van der Waals surface area contributed by atoms with Crippen LogP contribution in [0.15, 0.2) is 18.2 Å². The van der Waals surface area contributed by atoms with E-state index in [1.807, 2.05) is 32.0 Å². The van der Waals surface area contributed by atoms with Crippen LogP contribution in [0.3, 0.4) is 0 Å². The Labute approximate surface area is 116 Å². The molecule has 0 aliphatic carbocycles. The van der Waals surface area contributed by atoms with Gasteiger partial charge in [0.05, 0.1) is 16.3 Å². The van der Waals surface area contributed by atoms with Crippen molar-refractivity contribution in [1.82, 2.24) is 4.98 Å². The summed E-state index contributed by atoms with van der Waals surface area (Å²) >= 11 is 1.42. The number of hydrogen-bond acceptors (Lipinski definition) is 4. The highest BCUT2D eigenvalue weighted by Gasteiger charge is 2.31. The van der Waals surface area contributed by atoms with Crippen molar-refractivity contribution in [1.29, 1.82) is 5.26 Å². The summed E-state index contributed by atoms with van der Waals surface area (Å²) in [6.45, 7) is 5.48. The van der Waals surface area contributed by atoms with Gasteiger partial charge in [-0.2, -0.15) is 5.26 Å². The van der Waals surface area contributed by atoms with E-state index < -0.39 is 5.41 Å². The highest BCUT2D eigenvalue weighted by Crippen LogP contribution is 2.29. The molecule has 0 radical (unpaired) electrons. The van der Waals surface area contributed by atoms with Crippen LogP contribution < -0.4 is 5.32 Å². The van der Waals surface area contributed by atoms with Crippen LogP contribution in [0, 0.1) is 23.7 Å². The van der Waals surface area contributed by atoms with Crippen molar-refractivity contribution < 1.29 is 4.79 Å². The van der Waals surface area contributed by atoms with Crippen molar-refractivity contribution in [3.63, 3.8) is 0 Å². The van der Waals surface area contributed by atoms with E-state index in [9.17, 15) is 4.79 Å². The molecule has 2 rings (SSSR count). The van der Waals surface area contributed by atoms with Gasteiger partial charge in [-0.3, -0.25) is 4.79 Å².